The largest absolute Gasteiger partial charge is 0.462 e. The zero-order valence-corrected chi connectivity index (χ0v) is 17.0. The molecule has 0 bridgehead atoms. The van der Waals surface area contributed by atoms with E-state index in [2.05, 4.69) is 37.8 Å². The van der Waals surface area contributed by atoms with Crippen LogP contribution in [0.3, 0.4) is 0 Å². The van der Waals surface area contributed by atoms with Gasteiger partial charge in [0.2, 0.25) is 0 Å². The molecular formula is C23H31NO3. The minimum Gasteiger partial charge on any atom is -0.462 e. The minimum atomic E-state index is 0.0626. The van der Waals surface area contributed by atoms with Gasteiger partial charge in [0, 0.05) is 25.1 Å². The number of furan rings is 1. The lowest BCUT2D eigenvalue weighted by Crippen LogP contribution is -2.38. The van der Waals surface area contributed by atoms with E-state index in [1.165, 1.54) is 5.56 Å². The monoisotopic (exact) mass is 369 g/mol. The third kappa shape index (κ3) is 5.08. The van der Waals surface area contributed by atoms with Gasteiger partial charge in [0.1, 0.15) is 18.1 Å². The number of carbonyl (C=O) groups excluding carboxylic acids is 1. The summed E-state index contributed by atoms with van der Waals surface area (Å²) in [6.45, 7) is 9.61. The molecule has 1 aliphatic heterocycles. The summed E-state index contributed by atoms with van der Waals surface area (Å²) in [4.78, 5) is 15.3. The first-order chi connectivity index (χ1) is 12.9. The van der Waals surface area contributed by atoms with Crippen LogP contribution in [0.2, 0.25) is 0 Å². The molecule has 4 nitrogen and oxygen atoms in total. The average molecular weight is 370 g/mol. The number of methoxy groups -OCH3 is 1. The lowest BCUT2D eigenvalue weighted by Gasteiger charge is -2.31. The van der Waals surface area contributed by atoms with E-state index in [4.69, 9.17) is 9.15 Å². The molecule has 146 valence electrons. The highest BCUT2D eigenvalue weighted by molar-refractivity contribution is 5.98. The van der Waals surface area contributed by atoms with Crippen molar-refractivity contribution in [3.63, 3.8) is 0 Å². The Hall–Kier alpha value is -1.91. The van der Waals surface area contributed by atoms with Crippen LogP contribution in [0.1, 0.15) is 61.1 Å². The lowest BCUT2D eigenvalue weighted by atomic mass is 9.85. The first-order valence-electron chi connectivity index (χ1n) is 9.80. The van der Waals surface area contributed by atoms with Gasteiger partial charge in [-0.3, -0.25) is 9.69 Å². The van der Waals surface area contributed by atoms with Crippen LogP contribution >= 0.6 is 0 Å². The van der Waals surface area contributed by atoms with Gasteiger partial charge in [0.15, 0.2) is 5.78 Å². The summed E-state index contributed by atoms with van der Waals surface area (Å²) in [5.41, 5.74) is 2.19. The first kappa shape index (κ1) is 19.8. The van der Waals surface area contributed by atoms with Crippen molar-refractivity contribution < 1.29 is 13.9 Å². The maximum atomic E-state index is 13.0. The lowest BCUT2D eigenvalue weighted by molar-refractivity contribution is 0.0800. The smallest absolute Gasteiger partial charge is 0.167 e. The number of likely N-dealkylation sites (tertiary alicyclic amines) is 1. The Morgan fingerprint density at radius 2 is 1.85 bits per heavy atom. The number of carbonyl (C=O) groups is 1. The van der Waals surface area contributed by atoms with Gasteiger partial charge in [0.05, 0.1) is 6.54 Å². The second-order valence-electron chi connectivity index (χ2n) is 8.57. The van der Waals surface area contributed by atoms with Crippen molar-refractivity contribution in [3.05, 3.63) is 59.0 Å². The number of rotatable bonds is 6. The van der Waals surface area contributed by atoms with Gasteiger partial charge in [-0.25, -0.2) is 0 Å². The van der Waals surface area contributed by atoms with Crippen molar-refractivity contribution in [2.75, 3.05) is 20.2 Å². The summed E-state index contributed by atoms with van der Waals surface area (Å²) in [7, 11) is 1.66. The van der Waals surface area contributed by atoms with Crippen LogP contribution in [0.4, 0.5) is 0 Å². The van der Waals surface area contributed by atoms with Gasteiger partial charge in [-0.05, 0) is 42.5 Å². The third-order valence-corrected chi connectivity index (χ3v) is 5.30. The topological polar surface area (TPSA) is 42.7 Å². The van der Waals surface area contributed by atoms with Crippen LogP contribution in [-0.4, -0.2) is 30.9 Å². The molecule has 0 aliphatic carbocycles. The Kier molecular flexibility index (Phi) is 6.18. The van der Waals surface area contributed by atoms with Gasteiger partial charge in [-0.15, -0.1) is 0 Å². The van der Waals surface area contributed by atoms with Gasteiger partial charge in [0.25, 0.3) is 0 Å². The Bertz CT molecular complexity index is 755. The fraction of sp³-hybridized carbons (Fsp3) is 0.522. The van der Waals surface area contributed by atoms with E-state index in [0.717, 1.165) is 49.6 Å². The zero-order chi connectivity index (χ0) is 19.4. The molecule has 2 heterocycles. The first-order valence-corrected chi connectivity index (χ1v) is 9.80. The molecule has 0 N–H and O–H groups in total. The Morgan fingerprint density at radius 1 is 1.15 bits per heavy atom. The fourth-order valence-electron chi connectivity index (χ4n) is 3.73. The SMILES string of the molecule is COCc1ccc(CN2CCC[C@@H](C(=O)c3ccc(C(C)(C)C)cc3)C2)o1. The van der Waals surface area contributed by atoms with Gasteiger partial charge in [-0.1, -0.05) is 45.0 Å². The summed E-state index contributed by atoms with van der Waals surface area (Å²) in [5, 5.41) is 0. The molecule has 1 aromatic heterocycles. The molecule has 2 aromatic rings. The maximum absolute atomic E-state index is 13.0. The van der Waals surface area contributed by atoms with Crippen molar-refractivity contribution in [2.24, 2.45) is 5.92 Å². The van der Waals surface area contributed by atoms with E-state index in [0.29, 0.717) is 6.61 Å². The summed E-state index contributed by atoms with van der Waals surface area (Å²) in [6.07, 6.45) is 2.01. The number of ketones is 1. The molecule has 0 saturated carbocycles. The molecule has 0 spiro atoms. The van der Waals surface area contributed by atoms with Crippen molar-refractivity contribution >= 4 is 5.78 Å². The molecule has 0 amide bonds. The van der Waals surface area contributed by atoms with Crippen LogP contribution in [0.25, 0.3) is 0 Å². The molecule has 3 rings (SSSR count). The predicted octanol–water partition coefficient (Wildman–Crippen LogP) is 4.82. The quantitative estimate of drug-likeness (QED) is 0.685. The second kappa shape index (κ2) is 8.41. The van der Waals surface area contributed by atoms with Crippen LogP contribution in [0, 0.1) is 5.92 Å². The van der Waals surface area contributed by atoms with E-state index >= 15 is 0 Å². The summed E-state index contributed by atoms with van der Waals surface area (Å²) >= 11 is 0. The second-order valence-corrected chi connectivity index (χ2v) is 8.57. The molecule has 1 fully saturated rings. The van der Waals surface area contributed by atoms with Crippen LogP contribution in [0.15, 0.2) is 40.8 Å². The van der Waals surface area contributed by atoms with E-state index in [-0.39, 0.29) is 17.1 Å². The number of nitrogens with zero attached hydrogens (tertiary/aromatic N) is 1. The Morgan fingerprint density at radius 3 is 2.52 bits per heavy atom. The van der Waals surface area contributed by atoms with E-state index in [9.17, 15) is 4.79 Å². The van der Waals surface area contributed by atoms with Crippen molar-refractivity contribution in [1.29, 1.82) is 0 Å². The van der Waals surface area contributed by atoms with Crippen molar-refractivity contribution in [2.45, 2.75) is 52.2 Å². The molecule has 1 aliphatic rings. The minimum absolute atomic E-state index is 0.0626. The van der Waals surface area contributed by atoms with Crippen LogP contribution < -0.4 is 0 Å². The predicted molar refractivity (Wildman–Crippen MR) is 107 cm³/mol. The molecule has 27 heavy (non-hydrogen) atoms. The summed E-state index contributed by atoms with van der Waals surface area (Å²) in [5.74, 6) is 2.10. The molecule has 1 atom stereocenters. The van der Waals surface area contributed by atoms with Gasteiger partial charge < -0.3 is 9.15 Å². The number of hydrogen-bond acceptors (Lipinski definition) is 4. The van der Waals surface area contributed by atoms with E-state index < -0.39 is 0 Å². The molecule has 0 unspecified atom stereocenters. The molecule has 4 heteroatoms. The summed E-state index contributed by atoms with van der Waals surface area (Å²) in [6, 6.07) is 12.1. The van der Waals surface area contributed by atoms with E-state index in [1.54, 1.807) is 7.11 Å². The maximum Gasteiger partial charge on any atom is 0.167 e. The highest BCUT2D eigenvalue weighted by Gasteiger charge is 2.27. The van der Waals surface area contributed by atoms with Crippen molar-refractivity contribution in [1.82, 2.24) is 4.90 Å². The van der Waals surface area contributed by atoms with Crippen LogP contribution in [-0.2, 0) is 23.3 Å². The number of piperidine rings is 1. The average Bonchev–Trinajstić information content (AvgIpc) is 3.08. The number of hydrogen-bond donors (Lipinski definition) is 0. The number of ether oxygens (including phenoxy) is 1. The Labute approximate surface area is 162 Å². The standard InChI is InChI=1S/C23H31NO3/c1-23(2,3)19-9-7-17(8-10-19)22(25)18-6-5-13-24(14-18)15-20-11-12-21(27-20)16-26-4/h7-12,18H,5-6,13-16H2,1-4H3/t18-/m1/s1. The molecule has 1 saturated heterocycles. The van der Waals surface area contributed by atoms with Gasteiger partial charge >= 0.3 is 0 Å². The molecule has 1 aromatic carbocycles. The van der Waals surface area contributed by atoms with Crippen molar-refractivity contribution in [3.8, 4) is 0 Å². The van der Waals surface area contributed by atoms with Crippen LogP contribution in [0.5, 0.6) is 0 Å². The zero-order valence-electron chi connectivity index (χ0n) is 17.0. The van der Waals surface area contributed by atoms with E-state index in [1.807, 2.05) is 24.3 Å². The highest BCUT2D eigenvalue weighted by Crippen LogP contribution is 2.26. The third-order valence-electron chi connectivity index (χ3n) is 5.30. The number of benzene rings is 1. The van der Waals surface area contributed by atoms with Gasteiger partial charge in [-0.2, -0.15) is 0 Å². The Balaban J connectivity index is 1.62. The highest BCUT2D eigenvalue weighted by atomic mass is 16.5. The fourth-order valence-corrected chi connectivity index (χ4v) is 3.73. The molecular weight excluding hydrogens is 338 g/mol. The molecule has 0 radical (unpaired) electrons. The normalized spacial score (nSPS) is 18.6. The number of Topliss-reactive ketones (excluding diaryl/α,β-unsaturated/α-hetero) is 1. The summed E-state index contributed by atoms with van der Waals surface area (Å²) < 4.78 is 10.9.